The van der Waals surface area contributed by atoms with Crippen molar-refractivity contribution < 1.29 is 14.3 Å². The van der Waals surface area contributed by atoms with E-state index in [-0.39, 0.29) is 5.97 Å². The number of ether oxygens (including phenoxy) is 2. The van der Waals surface area contributed by atoms with Crippen molar-refractivity contribution in [3.63, 3.8) is 0 Å². The standard InChI is InChI=1S/C20H32O3/c1-3-5-7-9-14-22-17-18-12-11-13-19(16-18)20(21)23-15-10-8-6-4-2/h11-13,16H,3-10,14-15,17H2,1-2H3. The van der Waals surface area contributed by atoms with Crippen LogP contribution in [-0.2, 0) is 16.1 Å². The molecule has 0 amide bonds. The smallest absolute Gasteiger partial charge is 0.338 e. The quantitative estimate of drug-likeness (QED) is 0.354. The van der Waals surface area contributed by atoms with E-state index in [0.29, 0.717) is 18.8 Å². The number of carbonyl (C=O) groups excluding carboxylic acids is 1. The molecule has 1 rings (SSSR count). The average Bonchev–Trinajstić information content (AvgIpc) is 2.58. The molecule has 0 aliphatic heterocycles. The summed E-state index contributed by atoms with van der Waals surface area (Å²) >= 11 is 0. The molecular formula is C20H32O3. The summed E-state index contributed by atoms with van der Waals surface area (Å²) in [5, 5.41) is 0. The van der Waals surface area contributed by atoms with Gasteiger partial charge in [-0.1, -0.05) is 64.5 Å². The Morgan fingerprint density at radius 2 is 1.61 bits per heavy atom. The molecule has 0 bridgehead atoms. The maximum absolute atomic E-state index is 12.0. The largest absolute Gasteiger partial charge is 0.462 e. The zero-order valence-electron chi connectivity index (χ0n) is 14.8. The molecule has 0 heterocycles. The van der Waals surface area contributed by atoms with Gasteiger partial charge in [0, 0.05) is 6.61 Å². The fourth-order valence-corrected chi connectivity index (χ4v) is 2.39. The van der Waals surface area contributed by atoms with Gasteiger partial charge in [-0.2, -0.15) is 0 Å². The van der Waals surface area contributed by atoms with Crippen LogP contribution in [0.25, 0.3) is 0 Å². The Balaban J connectivity index is 2.27. The lowest BCUT2D eigenvalue weighted by atomic mass is 10.1. The number of unbranched alkanes of at least 4 members (excludes halogenated alkanes) is 6. The van der Waals surface area contributed by atoms with Crippen LogP contribution >= 0.6 is 0 Å². The van der Waals surface area contributed by atoms with E-state index in [0.717, 1.165) is 31.4 Å². The van der Waals surface area contributed by atoms with Crippen molar-refractivity contribution >= 4 is 5.97 Å². The Hall–Kier alpha value is -1.35. The second-order valence-corrected chi connectivity index (χ2v) is 6.01. The summed E-state index contributed by atoms with van der Waals surface area (Å²) in [5.74, 6) is -0.230. The van der Waals surface area contributed by atoms with Crippen LogP contribution in [0.3, 0.4) is 0 Å². The van der Waals surface area contributed by atoms with Crippen LogP contribution in [0.1, 0.15) is 81.1 Å². The lowest BCUT2D eigenvalue weighted by Crippen LogP contribution is -2.07. The number of benzene rings is 1. The van der Waals surface area contributed by atoms with E-state index in [1.54, 1.807) is 6.07 Å². The number of carbonyl (C=O) groups is 1. The number of hydrogen-bond donors (Lipinski definition) is 0. The van der Waals surface area contributed by atoms with Gasteiger partial charge in [-0.3, -0.25) is 0 Å². The fourth-order valence-electron chi connectivity index (χ4n) is 2.39. The van der Waals surface area contributed by atoms with Crippen LogP contribution in [0, 0.1) is 0 Å². The van der Waals surface area contributed by atoms with Crippen molar-refractivity contribution in [3.05, 3.63) is 35.4 Å². The Bertz CT molecular complexity index is 429. The molecule has 0 unspecified atom stereocenters. The molecule has 0 aliphatic rings. The molecule has 0 N–H and O–H groups in total. The normalized spacial score (nSPS) is 10.7. The maximum Gasteiger partial charge on any atom is 0.338 e. The third kappa shape index (κ3) is 9.39. The van der Waals surface area contributed by atoms with E-state index in [2.05, 4.69) is 13.8 Å². The van der Waals surface area contributed by atoms with Crippen molar-refractivity contribution in [2.45, 2.75) is 71.8 Å². The first kappa shape index (κ1) is 19.7. The Morgan fingerprint density at radius 1 is 0.913 bits per heavy atom. The SMILES string of the molecule is CCCCCCOCc1cccc(C(=O)OCCCCCC)c1. The van der Waals surface area contributed by atoms with Gasteiger partial charge in [-0.15, -0.1) is 0 Å². The van der Waals surface area contributed by atoms with Gasteiger partial charge in [-0.05, 0) is 30.5 Å². The topological polar surface area (TPSA) is 35.5 Å². The van der Waals surface area contributed by atoms with Crippen LogP contribution in [0.15, 0.2) is 24.3 Å². The van der Waals surface area contributed by atoms with E-state index in [4.69, 9.17) is 9.47 Å². The summed E-state index contributed by atoms with van der Waals surface area (Å²) in [7, 11) is 0. The van der Waals surface area contributed by atoms with Crippen molar-refractivity contribution in [2.75, 3.05) is 13.2 Å². The third-order valence-electron chi connectivity index (χ3n) is 3.80. The molecule has 23 heavy (non-hydrogen) atoms. The fraction of sp³-hybridized carbons (Fsp3) is 0.650. The van der Waals surface area contributed by atoms with E-state index in [1.807, 2.05) is 18.2 Å². The lowest BCUT2D eigenvalue weighted by Gasteiger charge is -2.07. The van der Waals surface area contributed by atoms with Gasteiger partial charge in [-0.25, -0.2) is 4.79 Å². The van der Waals surface area contributed by atoms with Gasteiger partial charge in [0.2, 0.25) is 0 Å². The lowest BCUT2D eigenvalue weighted by molar-refractivity contribution is 0.0497. The van der Waals surface area contributed by atoms with E-state index in [9.17, 15) is 4.79 Å². The van der Waals surface area contributed by atoms with Gasteiger partial charge in [0.25, 0.3) is 0 Å². The Morgan fingerprint density at radius 3 is 2.30 bits per heavy atom. The zero-order valence-corrected chi connectivity index (χ0v) is 14.8. The highest BCUT2D eigenvalue weighted by molar-refractivity contribution is 5.89. The highest BCUT2D eigenvalue weighted by atomic mass is 16.5. The minimum absolute atomic E-state index is 0.230. The van der Waals surface area contributed by atoms with Crippen LogP contribution in [-0.4, -0.2) is 19.2 Å². The molecule has 1 aromatic rings. The zero-order chi connectivity index (χ0) is 16.8. The first-order chi connectivity index (χ1) is 11.3. The summed E-state index contributed by atoms with van der Waals surface area (Å²) in [6.45, 7) is 6.23. The van der Waals surface area contributed by atoms with Gasteiger partial charge in [0.15, 0.2) is 0 Å². The van der Waals surface area contributed by atoms with Crippen LogP contribution in [0.5, 0.6) is 0 Å². The molecule has 3 nitrogen and oxygen atoms in total. The molecule has 130 valence electrons. The van der Waals surface area contributed by atoms with Gasteiger partial charge in [0.05, 0.1) is 18.8 Å². The Kier molecular flexibility index (Phi) is 11.2. The summed E-state index contributed by atoms with van der Waals surface area (Å²) in [6.07, 6.45) is 9.28. The molecule has 0 saturated heterocycles. The predicted molar refractivity (Wildman–Crippen MR) is 94.7 cm³/mol. The van der Waals surface area contributed by atoms with Crippen LogP contribution in [0.2, 0.25) is 0 Å². The monoisotopic (exact) mass is 320 g/mol. The molecule has 3 heteroatoms. The maximum atomic E-state index is 12.0. The number of hydrogen-bond acceptors (Lipinski definition) is 3. The molecule has 0 saturated carbocycles. The van der Waals surface area contributed by atoms with Crippen molar-refractivity contribution in [2.24, 2.45) is 0 Å². The minimum atomic E-state index is -0.230. The summed E-state index contributed by atoms with van der Waals surface area (Å²) in [6, 6.07) is 7.56. The minimum Gasteiger partial charge on any atom is -0.462 e. The van der Waals surface area contributed by atoms with E-state index in [1.165, 1.54) is 32.1 Å². The molecule has 0 fully saturated rings. The summed E-state index contributed by atoms with van der Waals surface area (Å²) in [4.78, 5) is 12.0. The van der Waals surface area contributed by atoms with Crippen molar-refractivity contribution in [3.8, 4) is 0 Å². The van der Waals surface area contributed by atoms with Gasteiger partial charge in [0.1, 0.15) is 0 Å². The Labute approximate surface area is 141 Å². The second-order valence-electron chi connectivity index (χ2n) is 6.01. The molecular weight excluding hydrogens is 288 g/mol. The first-order valence-electron chi connectivity index (χ1n) is 9.11. The highest BCUT2D eigenvalue weighted by Gasteiger charge is 2.07. The summed E-state index contributed by atoms with van der Waals surface area (Å²) in [5.41, 5.74) is 1.65. The van der Waals surface area contributed by atoms with Gasteiger partial charge >= 0.3 is 5.97 Å². The summed E-state index contributed by atoms with van der Waals surface area (Å²) < 4.78 is 11.0. The molecule has 1 aromatic carbocycles. The number of esters is 1. The highest BCUT2D eigenvalue weighted by Crippen LogP contribution is 2.10. The molecule has 0 atom stereocenters. The van der Waals surface area contributed by atoms with Gasteiger partial charge < -0.3 is 9.47 Å². The molecule has 0 spiro atoms. The number of rotatable bonds is 13. The second kappa shape index (κ2) is 13.1. The molecule has 0 aliphatic carbocycles. The van der Waals surface area contributed by atoms with Crippen LogP contribution in [0.4, 0.5) is 0 Å². The van der Waals surface area contributed by atoms with Crippen molar-refractivity contribution in [1.82, 2.24) is 0 Å². The molecule has 0 radical (unpaired) electrons. The first-order valence-corrected chi connectivity index (χ1v) is 9.11. The molecule has 0 aromatic heterocycles. The predicted octanol–water partition coefficient (Wildman–Crippen LogP) is 5.52. The third-order valence-corrected chi connectivity index (χ3v) is 3.80. The van der Waals surface area contributed by atoms with Crippen molar-refractivity contribution in [1.29, 1.82) is 0 Å². The van der Waals surface area contributed by atoms with E-state index >= 15 is 0 Å². The van der Waals surface area contributed by atoms with Crippen LogP contribution < -0.4 is 0 Å². The average molecular weight is 320 g/mol. The van der Waals surface area contributed by atoms with E-state index < -0.39 is 0 Å².